The molecule has 8 aromatic carbocycles. The molecule has 10 aromatic rings. The third kappa shape index (κ3) is 5.22. The van der Waals surface area contributed by atoms with Crippen molar-refractivity contribution < 1.29 is 0 Å². The van der Waals surface area contributed by atoms with Gasteiger partial charge in [0.25, 0.3) is 0 Å². The SMILES string of the molecule is c1ccc(-c2nc(-c3ccccc3)nc(-c3ccc(-c4nc5ccccc5c5ccc6c(c45)-c4ccccc4C6(c4ccccc4)c4ccccc4)cc3)n2)cc1. The Morgan fingerprint density at radius 1 is 0.316 bits per heavy atom. The van der Waals surface area contributed by atoms with Crippen LogP contribution in [-0.2, 0) is 5.41 Å². The predicted octanol–water partition coefficient (Wildman–Crippen LogP) is 12.6. The first-order chi connectivity index (χ1) is 28.3. The van der Waals surface area contributed by atoms with E-state index in [2.05, 4.69) is 146 Å². The molecule has 57 heavy (non-hydrogen) atoms. The molecule has 0 N–H and O–H groups in total. The highest BCUT2D eigenvalue weighted by Crippen LogP contribution is 2.58. The Bertz CT molecular complexity index is 2990. The molecule has 0 amide bonds. The van der Waals surface area contributed by atoms with Crippen molar-refractivity contribution in [1.82, 2.24) is 19.9 Å². The predicted molar refractivity (Wildman–Crippen MR) is 232 cm³/mol. The molecule has 0 bridgehead atoms. The summed E-state index contributed by atoms with van der Waals surface area (Å²) in [5.74, 6) is 1.90. The zero-order chi connectivity index (χ0) is 37.8. The van der Waals surface area contributed by atoms with E-state index in [1.807, 2.05) is 60.7 Å². The Balaban J connectivity index is 1.15. The van der Waals surface area contributed by atoms with Gasteiger partial charge in [-0.1, -0.05) is 200 Å². The van der Waals surface area contributed by atoms with Gasteiger partial charge in [0.15, 0.2) is 17.5 Å². The highest BCUT2D eigenvalue weighted by molar-refractivity contribution is 6.18. The Morgan fingerprint density at radius 3 is 1.39 bits per heavy atom. The Labute approximate surface area is 330 Å². The van der Waals surface area contributed by atoms with Crippen LogP contribution in [0.15, 0.2) is 206 Å². The molecule has 0 aliphatic heterocycles. The van der Waals surface area contributed by atoms with Crippen molar-refractivity contribution >= 4 is 21.7 Å². The van der Waals surface area contributed by atoms with Crippen LogP contribution in [0, 0.1) is 0 Å². The van der Waals surface area contributed by atoms with E-state index in [1.165, 1.54) is 38.8 Å². The van der Waals surface area contributed by atoms with Crippen molar-refractivity contribution in [2.75, 3.05) is 0 Å². The molecule has 0 radical (unpaired) electrons. The first-order valence-electron chi connectivity index (χ1n) is 19.3. The molecule has 2 aromatic heterocycles. The van der Waals surface area contributed by atoms with Gasteiger partial charge in [-0.05, 0) is 44.8 Å². The zero-order valence-corrected chi connectivity index (χ0v) is 30.9. The Morgan fingerprint density at radius 2 is 0.789 bits per heavy atom. The van der Waals surface area contributed by atoms with Crippen molar-refractivity contribution in [3.05, 3.63) is 229 Å². The van der Waals surface area contributed by atoms with E-state index in [0.29, 0.717) is 17.5 Å². The average Bonchev–Trinajstić information content (AvgIpc) is 3.61. The molecule has 4 heteroatoms. The lowest BCUT2D eigenvalue weighted by atomic mass is 9.67. The third-order valence-corrected chi connectivity index (χ3v) is 11.4. The lowest BCUT2D eigenvalue weighted by Crippen LogP contribution is -2.28. The molecule has 1 aliphatic carbocycles. The van der Waals surface area contributed by atoms with Crippen LogP contribution >= 0.6 is 0 Å². The highest BCUT2D eigenvalue weighted by atomic mass is 15.0. The smallest absolute Gasteiger partial charge is 0.164 e. The second-order valence-electron chi connectivity index (χ2n) is 14.5. The highest BCUT2D eigenvalue weighted by Gasteiger charge is 2.47. The van der Waals surface area contributed by atoms with E-state index in [4.69, 9.17) is 19.9 Å². The molecule has 1 aliphatic rings. The van der Waals surface area contributed by atoms with Crippen molar-refractivity contribution in [1.29, 1.82) is 0 Å². The number of rotatable bonds is 6. The van der Waals surface area contributed by atoms with Crippen molar-refractivity contribution in [3.8, 4) is 56.5 Å². The molecule has 0 saturated heterocycles. The molecular weight excluding hydrogens is 693 g/mol. The fraction of sp³-hybridized carbons (Fsp3) is 0.0189. The first-order valence-corrected chi connectivity index (χ1v) is 19.3. The minimum atomic E-state index is -0.513. The minimum absolute atomic E-state index is 0.513. The number of aromatic nitrogens is 4. The lowest BCUT2D eigenvalue weighted by molar-refractivity contribution is 0.769. The molecule has 11 rings (SSSR count). The topological polar surface area (TPSA) is 51.6 Å². The summed E-state index contributed by atoms with van der Waals surface area (Å²) in [6, 6.07) is 72.8. The minimum Gasteiger partial charge on any atom is -0.247 e. The maximum Gasteiger partial charge on any atom is 0.164 e. The quantitative estimate of drug-likeness (QED) is 0.160. The van der Waals surface area contributed by atoms with Crippen LogP contribution < -0.4 is 0 Å². The van der Waals surface area contributed by atoms with Crippen LogP contribution in [-0.4, -0.2) is 19.9 Å². The summed E-state index contributed by atoms with van der Waals surface area (Å²) >= 11 is 0. The van der Waals surface area contributed by atoms with E-state index in [1.54, 1.807) is 0 Å². The standard InChI is InChI=1S/C53H34N4/c1-5-17-36(18-6-1)50-55-51(37-19-7-2-8-20-37)57-52(56-50)38-31-29-35(30-32-38)49-48-42(41-25-14-16-28-46(41)54-49)33-34-45-47(48)43-26-13-15-27-44(43)53(45,39-21-9-3-10-22-39)40-23-11-4-12-24-40/h1-34H. The van der Waals surface area contributed by atoms with Gasteiger partial charge < -0.3 is 0 Å². The fourth-order valence-electron chi connectivity index (χ4n) is 8.90. The molecule has 0 saturated carbocycles. The second-order valence-corrected chi connectivity index (χ2v) is 14.5. The van der Waals surface area contributed by atoms with E-state index in [-0.39, 0.29) is 0 Å². The second kappa shape index (κ2) is 13.3. The van der Waals surface area contributed by atoms with Gasteiger partial charge in [0.1, 0.15) is 0 Å². The van der Waals surface area contributed by atoms with Crippen LogP contribution in [0.25, 0.3) is 78.2 Å². The van der Waals surface area contributed by atoms with Gasteiger partial charge in [-0.15, -0.1) is 0 Å². The average molecular weight is 727 g/mol. The number of benzene rings is 8. The Kier molecular flexibility index (Phi) is 7.68. The molecule has 0 fully saturated rings. The van der Waals surface area contributed by atoms with Crippen LogP contribution in [0.2, 0.25) is 0 Å². The van der Waals surface area contributed by atoms with Crippen LogP contribution in [0.5, 0.6) is 0 Å². The van der Waals surface area contributed by atoms with Gasteiger partial charge in [0, 0.05) is 33.0 Å². The first kappa shape index (κ1) is 32.8. The Hall–Kier alpha value is -7.56. The molecule has 0 spiro atoms. The molecule has 0 unspecified atom stereocenters. The molecular formula is C53H34N4. The van der Waals surface area contributed by atoms with Crippen LogP contribution in [0.3, 0.4) is 0 Å². The summed E-state index contributed by atoms with van der Waals surface area (Å²) in [4.78, 5) is 20.4. The van der Waals surface area contributed by atoms with Gasteiger partial charge in [-0.2, -0.15) is 0 Å². The van der Waals surface area contributed by atoms with Gasteiger partial charge in [-0.25, -0.2) is 19.9 Å². The summed E-state index contributed by atoms with van der Waals surface area (Å²) in [6.45, 7) is 0. The van der Waals surface area contributed by atoms with Crippen LogP contribution in [0.4, 0.5) is 0 Å². The summed E-state index contributed by atoms with van der Waals surface area (Å²) < 4.78 is 0. The third-order valence-electron chi connectivity index (χ3n) is 11.4. The molecule has 0 atom stereocenters. The van der Waals surface area contributed by atoms with Crippen molar-refractivity contribution in [3.63, 3.8) is 0 Å². The molecule has 4 nitrogen and oxygen atoms in total. The van der Waals surface area contributed by atoms with E-state index in [9.17, 15) is 0 Å². The monoisotopic (exact) mass is 726 g/mol. The van der Waals surface area contributed by atoms with E-state index >= 15 is 0 Å². The van der Waals surface area contributed by atoms with Crippen molar-refractivity contribution in [2.45, 2.75) is 5.41 Å². The number of pyridine rings is 1. The fourth-order valence-corrected chi connectivity index (χ4v) is 8.90. The number of hydrogen-bond acceptors (Lipinski definition) is 4. The zero-order valence-electron chi connectivity index (χ0n) is 30.9. The maximum atomic E-state index is 5.49. The summed E-state index contributed by atoms with van der Waals surface area (Å²) in [6.07, 6.45) is 0. The van der Waals surface area contributed by atoms with Crippen molar-refractivity contribution in [2.24, 2.45) is 0 Å². The van der Waals surface area contributed by atoms with Gasteiger partial charge >= 0.3 is 0 Å². The lowest BCUT2D eigenvalue weighted by Gasteiger charge is -2.34. The van der Waals surface area contributed by atoms with Gasteiger partial charge in [0.2, 0.25) is 0 Å². The van der Waals surface area contributed by atoms with E-state index in [0.717, 1.165) is 44.2 Å². The normalized spacial score (nSPS) is 12.7. The van der Waals surface area contributed by atoms with Gasteiger partial charge in [-0.3, -0.25) is 0 Å². The summed E-state index contributed by atoms with van der Waals surface area (Å²) in [7, 11) is 0. The number of para-hydroxylation sites is 1. The summed E-state index contributed by atoms with van der Waals surface area (Å²) in [5.41, 5.74) is 12.7. The van der Waals surface area contributed by atoms with Crippen LogP contribution in [0.1, 0.15) is 22.3 Å². The molecule has 2 heterocycles. The largest absolute Gasteiger partial charge is 0.247 e. The van der Waals surface area contributed by atoms with E-state index < -0.39 is 5.41 Å². The van der Waals surface area contributed by atoms with Gasteiger partial charge in [0.05, 0.1) is 16.6 Å². The maximum absolute atomic E-state index is 5.49. The number of nitrogens with zero attached hydrogens (tertiary/aromatic N) is 4. The molecule has 266 valence electrons. The summed E-state index contributed by atoms with van der Waals surface area (Å²) in [5, 5.41) is 3.47. The number of hydrogen-bond donors (Lipinski definition) is 0. The number of fused-ring (bicyclic) bond motifs is 7.